The summed E-state index contributed by atoms with van der Waals surface area (Å²) in [6, 6.07) is 0. The number of ether oxygens (including phenoxy) is 1. The zero-order chi connectivity index (χ0) is 11.9. The summed E-state index contributed by atoms with van der Waals surface area (Å²) >= 11 is 0. The van der Waals surface area contributed by atoms with Crippen molar-refractivity contribution in [3.05, 3.63) is 23.8 Å². The molecular weight excluding hydrogens is 190 g/mol. The van der Waals surface area contributed by atoms with E-state index in [-0.39, 0.29) is 5.54 Å². The van der Waals surface area contributed by atoms with E-state index in [1.807, 2.05) is 45.9 Å². The van der Waals surface area contributed by atoms with E-state index in [2.05, 4.69) is 10.1 Å². The average Bonchev–Trinajstić information content (AvgIpc) is 2.16. The van der Waals surface area contributed by atoms with Crippen LogP contribution in [0, 0.1) is 0 Å². The number of hydrogen-bond acceptors (Lipinski definition) is 2. The normalized spacial score (nSPS) is 13.0. The van der Waals surface area contributed by atoms with Crippen molar-refractivity contribution in [2.45, 2.75) is 39.7 Å². The first-order valence-electron chi connectivity index (χ1n) is 5.07. The van der Waals surface area contributed by atoms with Gasteiger partial charge in [-0.2, -0.15) is 0 Å². The van der Waals surface area contributed by atoms with E-state index in [0.29, 0.717) is 0 Å². The Balaban J connectivity index is 4.15. The lowest BCUT2D eigenvalue weighted by Gasteiger charge is -2.23. The number of amides is 1. The molecule has 0 aromatic carbocycles. The van der Waals surface area contributed by atoms with Crippen LogP contribution >= 0.6 is 0 Å². The number of carbonyl (C=O) groups is 1. The summed E-state index contributed by atoms with van der Waals surface area (Å²) in [7, 11) is 1.37. The molecule has 0 saturated carbocycles. The molecule has 0 heterocycles. The third-order valence-electron chi connectivity index (χ3n) is 2.09. The van der Waals surface area contributed by atoms with Gasteiger partial charge < -0.3 is 10.1 Å². The van der Waals surface area contributed by atoms with Crippen molar-refractivity contribution in [1.82, 2.24) is 5.32 Å². The van der Waals surface area contributed by atoms with Crippen LogP contribution in [0.1, 0.15) is 34.1 Å². The van der Waals surface area contributed by atoms with Crippen molar-refractivity contribution in [1.29, 1.82) is 0 Å². The maximum Gasteiger partial charge on any atom is 0.407 e. The molecule has 0 spiro atoms. The van der Waals surface area contributed by atoms with Crippen LogP contribution in [-0.4, -0.2) is 18.7 Å². The molecule has 1 amide bonds. The van der Waals surface area contributed by atoms with Gasteiger partial charge in [0, 0.05) is 5.54 Å². The van der Waals surface area contributed by atoms with Crippen LogP contribution in [0.2, 0.25) is 0 Å². The van der Waals surface area contributed by atoms with E-state index in [9.17, 15) is 4.79 Å². The van der Waals surface area contributed by atoms with Gasteiger partial charge in [0.15, 0.2) is 0 Å². The van der Waals surface area contributed by atoms with Gasteiger partial charge in [-0.1, -0.05) is 23.8 Å². The van der Waals surface area contributed by atoms with E-state index in [0.717, 1.165) is 6.42 Å². The van der Waals surface area contributed by atoms with Crippen LogP contribution < -0.4 is 5.32 Å². The molecule has 0 aliphatic heterocycles. The van der Waals surface area contributed by atoms with Gasteiger partial charge in [-0.3, -0.25) is 0 Å². The molecule has 0 saturated heterocycles. The number of nitrogens with one attached hydrogen (secondary N) is 1. The van der Waals surface area contributed by atoms with Crippen LogP contribution in [0.3, 0.4) is 0 Å². The van der Waals surface area contributed by atoms with Crippen molar-refractivity contribution in [3.8, 4) is 0 Å². The van der Waals surface area contributed by atoms with Crippen molar-refractivity contribution in [2.75, 3.05) is 7.11 Å². The highest BCUT2D eigenvalue weighted by Gasteiger charge is 2.18. The lowest BCUT2D eigenvalue weighted by Crippen LogP contribution is -2.42. The van der Waals surface area contributed by atoms with Gasteiger partial charge in [0.25, 0.3) is 0 Å². The molecule has 3 heteroatoms. The molecule has 0 aromatic rings. The van der Waals surface area contributed by atoms with Crippen LogP contribution in [0.15, 0.2) is 23.8 Å². The Bertz CT molecular complexity index is 265. The van der Waals surface area contributed by atoms with Gasteiger partial charge in [0.1, 0.15) is 0 Å². The topological polar surface area (TPSA) is 38.3 Å². The molecule has 0 aliphatic carbocycles. The van der Waals surface area contributed by atoms with E-state index in [1.165, 1.54) is 12.7 Å². The third-order valence-corrected chi connectivity index (χ3v) is 2.09. The SMILES string of the molecule is CC=C(C)C=CCC(C)(C)NC(=O)OC. The smallest absolute Gasteiger partial charge is 0.407 e. The Kier molecular flexibility index (Phi) is 5.75. The standard InChI is InChI=1S/C12H21NO2/c1-6-10(2)8-7-9-12(3,4)13-11(14)15-5/h6-8H,9H2,1-5H3,(H,13,14). The number of alkyl carbamates (subject to hydrolysis) is 1. The summed E-state index contributed by atoms with van der Waals surface area (Å²) in [6.45, 7) is 7.95. The van der Waals surface area contributed by atoms with Crippen LogP contribution in [-0.2, 0) is 4.74 Å². The van der Waals surface area contributed by atoms with Gasteiger partial charge >= 0.3 is 6.09 Å². The molecule has 0 aromatic heterocycles. The molecule has 15 heavy (non-hydrogen) atoms. The Morgan fingerprint density at radius 1 is 1.47 bits per heavy atom. The van der Waals surface area contributed by atoms with Crippen molar-refractivity contribution in [2.24, 2.45) is 0 Å². The molecule has 0 radical (unpaired) electrons. The summed E-state index contributed by atoms with van der Waals surface area (Å²) in [5.74, 6) is 0. The van der Waals surface area contributed by atoms with E-state index >= 15 is 0 Å². The fraction of sp³-hybridized carbons (Fsp3) is 0.583. The first-order valence-corrected chi connectivity index (χ1v) is 5.07. The van der Waals surface area contributed by atoms with Gasteiger partial charge in [-0.05, 0) is 34.1 Å². The van der Waals surface area contributed by atoms with Gasteiger partial charge in [0.05, 0.1) is 7.11 Å². The van der Waals surface area contributed by atoms with Crippen molar-refractivity contribution < 1.29 is 9.53 Å². The number of carbonyl (C=O) groups excluding carboxylic acids is 1. The second-order valence-corrected chi connectivity index (χ2v) is 4.14. The predicted molar refractivity (Wildman–Crippen MR) is 62.8 cm³/mol. The molecule has 1 N–H and O–H groups in total. The molecular formula is C12H21NO2. The largest absolute Gasteiger partial charge is 0.453 e. The third kappa shape index (κ3) is 6.77. The van der Waals surface area contributed by atoms with E-state index in [4.69, 9.17) is 0 Å². The lowest BCUT2D eigenvalue weighted by atomic mass is 10.0. The van der Waals surface area contributed by atoms with Crippen molar-refractivity contribution in [3.63, 3.8) is 0 Å². The zero-order valence-corrected chi connectivity index (χ0v) is 10.3. The molecule has 0 aliphatic rings. The lowest BCUT2D eigenvalue weighted by molar-refractivity contribution is 0.159. The van der Waals surface area contributed by atoms with E-state index in [1.54, 1.807) is 0 Å². The number of methoxy groups -OCH3 is 1. The summed E-state index contributed by atoms with van der Waals surface area (Å²) in [5, 5.41) is 2.77. The Hall–Kier alpha value is -1.25. The minimum Gasteiger partial charge on any atom is -0.453 e. The number of rotatable bonds is 4. The second kappa shape index (κ2) is 6.27. The molecule has 0 unspecified atom stereocenters. The second-order valence-electron chi connectivity index (χ2n) is 4.14. The Labute approximate surface area is 92.2 Å². The minimum atomic E-state index is -0.392. The molecule has 86 valence electrons. The summed E-state index contributed by atoms with van der Waals surface area (Å²) in [5.41, 5.74) is 0.932. The quantitative estimate of drug-likeness (QED) is 0.726. The van der Waals surface area contributed by atoms with Crippen molar-refractivity contribution >= 4 is 6.09 Å². The van der Waals surface area contributed by atoms with Gasteiger partial charge in [-0.25, -0.2) is 4.79 Å². The average molecular weight is 211 g/mol. The molecule has 0 rings (SSSR count). The van der Waals surface area contributed by atoms with Crippen LogP contribution in [0.4, 0.5) is 4.79 Å². The number of hydrogen-bond donors (Lipinski definition) is 1. The fourth-order valence-corrected chi connectivity index (χ4v) is 1.01. The fourth-order valence-electron chi connectivity index (χ4n) is 1.01. The Morgan fingerprint density at radius 3 is 2.53 bits per heavy atom. The maximum atomic E-state index is 11.0. The number of allylic oxidation sites excluding steroid dienone is 3. The Morgan fingerprint density at radius 2 is 2.07 bits per heavy atom. The molecule has 3 nitrogen and oxygen atoms in total. The summed E-state index contributed by atoms with van der Waals surface area (Å²) in [4.78, 5) is 11.0. The van der Waals surface area contributed by atoms with Gasteiger partial charge in [-0.15, -0.1) is 0 Å². The molecule has 0 bridgehead atoms. The summed E-state index contributed by atoms with van der Waals surface area (Å²) < 4.78 is 4.55. The highest BCUT2D eigenvalue weighted by atomic mass is 16.5. The highest BCUT2D eigenvalue weighted by molar-refractivity contribution is 5.67. The van der Waals surface area contributed by atoms with E-state index < -0.39 is 6.09 Å². The molecule has 0 atom stereocenters. The van der Waals surface area contributed by atoms with Crippen LogP contribution in [0.25, 0.3) is 0 Å². The molecule has 0 fully saturated rings. The maximum absolute atomic E-state index is 11.0. The van der Waals surface area contributed by atoms with Gasteiger partial charge in [0.2, 0.25) is 0 Å². The zero-order valence-electron chi connectivity index (χ0n) is 10.3. The highest BCUT2D eigenvalue weighted by Crippen LogP contribution is 2.10. The minimum absolute atomic E-state index is 0.280. The summed E-state index contributed by atoms with van der Waals surface area (Å²) in [6.07, 6.45) is 6.51. The monoisotopic (exact) mass is 211 g/mol. The first-order chi connectivity index (χ1) is 6.91. The van der Waals surface area contributed by atoms with Crippen LogP contribution in [0.5, 0.6) is 0 Å². The first kappa shape index (κ1) is 13.8. The predicted octanol–water partition coefficient (Wildman–Crippen LogP) is 3.03.